The molecule has 1 aromatic rings. The van der Waals surface area contributed by atoms with Gasteiger partial charge in [-0.1, -0.05) is 0 Å². The van der Waals surface area contributed by atoms with Crippen molar-refractivity contribution >= 4 is 5.91 Å². The molecule has 0 bridgehead atoms. The molecule has 2 rings (SSSR count). The van der Waals surface area contributed by atoms with Crippen LogP contribution in [0, 0.1) is 17.2 Å². The average molecular weight is 229 g/mol. The van der Waals surface area contributed by atoms with Crippen LogP contribution in [0.3, 0.4) is 0 Å². The minimum atomic E-state index is -0.0708. The van der Waals surface area contributed by atoms with Crippen molar-refractivity contribution in [3.8, 4) is 6.07 Å². The van der Waals surface area contributed by atoms with Gasteiger partial charge in [-0.3, -0.25) is 9.78 Å². The molecule has 0 aromatic carbocycles. The molecule has 1 aliphatic carbocycles. The molecule has 1 aliphatic rings. The third kappa shape index (κ3) is 3.04. The number of nitrogens with zero attached hydrogens (tertiary/aromatic N) is 2. The molecular weight excluding hydrogens is 214 g/mol. The van der Waals surface area contributed by atoms with Gasteiger partial charge in [-0.25, -0.2) is 0 Å². The number of amides is 1. The molecule has 0 spiro atoms. The number of hydrogen-bond acceptors (Lipinski definition) is 3. The SMILES string of the molecule is N#CC1CCC(NC(=O)c2cccnc2)CC1. The van der Waals surface area contributed by atoms with Crippen LogP contribution in [0.15, 0.2) is 24.5 Å². The summed E-state index contributed by atoms with van der Waals surface area (Å²) in [6.07, 6.45) is 6.77. The monoisotopic (exact) mass is 229 g/mol. The molecule has 1 fully saturated rings. The van der Waals surface area contributed by atoms with Crippen molar-refractivity contribution in [1.82, 2.24) is 10.3 Å². The van der Waals surface area contributed by atoms with Crippen LogP contribution >= 0.6 is 0 Å². The molecule has 4 heteroatoms. The van der Waals surface area contributed by atoms with Gasteiger partial charge in [-0.05, 0) is 37.8 Å². The lowest BCUT2D eigenvalue weighted by atomic mass is 9.87. The fourth-order valence-electron chi connectivity index (χ4n) is 2.13. The lowest BCUT2D eigenvalue weighted by Crippen LogP contribution is -2.37. The van der Waals surface area contributed by atoms with Gasteiger partial charge < -0.3 is 5.32 Å². The summed E-state index contributed by atoms with van der Waals surface area (Å²) in [7, 11) is 0. The second-order valence-electron chi connectivity index (χ2n) is 4.39. The van der Waals surface area contributed by atoms with Crippen LogP contribution in [0.4, 0.5) is 0 Å². The van der Waals surface area contributed by atoms with E-state index in [1.54, 1.807) is 24.5 Å². The van der Waals surface area contributed by atoms with E-state index in [4.69, 9.17) is 5.26 Å². The van der Waals surface area contributed by atoms with Crippen molar-refractivity contribution in [1.29, 1.82) is 5.26 Å². The van der Waals surface area contributed by atoms with Crippen molar-refractivity contribution in [2.24, 2.45) is 5.92 Å². The van der Waals surface area contributed by atoms with Crippen molar-refractivity contribution in [3.05, 3.63) is 30.1 Å². The first-order chi connectivity index (χ1) is 8.29. The number of nitriles is 1. The van der Waals surface area contributed by atoms with Gasteiger partial charge in [0.05, 0.1) is 11.6 Å². The van der Waals surface area contributed by atoms with E-state index in [0.29, 0.717) is 5.56 Å². The van der Waals surface area contributed by atoms with Crippen LogP contribution in [0.25, 0.3) is 0 Å². The third-order valence-corrected chi connectivity index (χ3v) is 3.17. The zero-order valence-electron chi connectivity index (χ0n) is 9.60. The van der Waals surface area contributed by atoms with Crippen LogP contribution in [0.2, 0.25) is 0 Å². The molecule has 4 nitrogen and oxygen atoms in total. The van der Waals surface area contributed by atoms with E-state index in [1.165, 1.54) is 0 Å². The Morgan fingerprint density at radius 1 is 1.41 bits per heavy atom. The van der Waals surface area contributed by atoms with Crippen LogP contribution in [0.5, 0.6) is 0 Å². The highest BCUT2D eigenvalue weighted by Crippen LogP contribution is 2.23. The molecule has 17 heavy (non-hydrogen) atoms. The first-order valence-electron chi connectivity index (χ1n) is 5.90. The summed E-state index contributed by atoms with van der Waals surface area (Å²) in [5, 5.41) is 11.8. The van der Waals surface area contributed by atoms with Gasteiger partial charge in [0.15, 0.2) is 0 Å². The van der Waals surface area contributed by atoms with Crippen LogP contribution in [-0.2, 0) is 0 Å². The van der Waals surface area contributed by atoms with E-state index in [0.717, 1.165) is 25.7 Å². The highest BCUT2D eigenvalue weighted by molar-refractivity contribution is 5.93. The molecule has 1 heterocycles. The third-order valence-electron chi connectivity index (χ3n) is 3.17. The van der Waals surface area contributed by atoms with Gasteiger partial charge in [0.25, 0.3) is 5.91 Å². The Balaban J connectivity index is 1.87. The summed E-state index contributed by atoms with van der Waals surface area (Å²) in [4.78, 5) is 15.8. The molecule has 1 aromatic heterocycles. The normalized spacial score (nSPS) is 23.7. The molecule has 0 aliphatic heterocycles. The standard InChI is InChI=1S/C13H15N3O/c14-8-10-3-5-12(6-4-10)16-13(17)11-2-1-7-15-9-11/h1-2,7,9-10,12H,3-6H2,(H,16,17). The van der Waals surface area contributed by atoms with Crippen LogP contribution in [0.1, 0.15) is 36.0 Å². The number of hydrogen-bond donors (Lipinski definition) is 1. The van der Waals surface area contributed by atoms with E-state index >= 15 is 0 Å². The number of nitrogens with one attached hydrogen (secondary N) is 1. The van der Waals surface area contributed by atoms with Gasteiger partial charge in [0.2, 0.25) is 0 Å². The van der Waals surface area contributed by atoms with Crippen molar-refractivity contribution < 1.29 is 4.79 Å². The van der Waals surface area contributed by atoms with Crippen molar-refractivity contribution in [2.75, 3.05) is 0 Å². The number of carbonyl (C=O) groups is 1. The number of pyridine rings is 1. The zero-order valence-corrected chi connectivity index (χ0v) is 9.60. The largest absolute Gasteiger partial charge is 0.349 e. The first-order valence-corrected chi connectivity index (χ1v) is 5.90. The molecule has 88 valence electrons. The van der Waals surface area contributed by atoms with Crippen LogP contribution < -0.4 is 5.32 Å². The predicted octanol–water partition coefficient (Wildman–Crippen LogP) is 1.89. The number of aromatic nitrogens is 1. The Bertz CT molecular complexity index is 416. The summed E-state index contributed by atoms with van der Waals surface area (Å²) in [6.45, 7) is 0. The summed E-state index contributed by atoms with van der Waals surface area (Å²) < 4.78 is 0. The number of rotatable bonds is 2. The Morgan fingerprint density at radius 2 is 2.18 bits per heavy atom. The highest BCUT2D eigenvalue weighted by atomic mass is 16.1. The van der Waals surface area contributed by atoms with Gasteiger partial charge in [0, 0.05) is 24.4 Å². The van der Waals surface area contributed by atoms with E-state index in [2.05, 4.69) is 16.4 Å². The topological polar surface area (TPSA) is 65.8 Å². The van der Waals surface area contributed by atoms with E-state index in [1.807, 2.05) is 0 Å². The Labute approximate surface area is 101 Å². The smallest absolute Gasteiger partial charge is 0.253 e. The maximum absolute atomic E-state index is 11.8. The first kappa shape index (κ1) is 11.6. The molecular formula is C13H15N3O. The molecule has 0 radical (unpaired) electrons. The minimum absolute atomic E-state index is 0.0708. The zero-order chi connectivity index (χ0) is 12.1. The second kappa shape index (κ2) is 5.44. The summed E-state index contributed by atoms with van der Waals surface area (Å²) in [6, 6.07) is 5.99. The fraction of sp³-hybridized carbons (Fsp3) is 0.462. The quantitative estimate of drug-likeness (QED) is 0.842. The average Bonchev–Trinajstić information content (AvgIpc) is 2.40. The van der Waals surface area contributed by atoms with Crippen molar-refractivity contribution in [3.63, 3.8) is 0 Å². The minimum Gasteiger partial charge on any atom is -0.349 e. The van der Waals surface area contributed by atoms with Crippen molar-refractivity contribution in [2.45, 2.75) is 31.7 Å². The highest BCUT2D eigenvalue weighted by Gasteiger charge is 2.22. The van der Waals surface area contributed by atoms with Gasteiger partial charge in [0.1, 0.15) is 0 Å². The lowest BCUT2D eigenvalue weighted by molar-refractivity contribution is 0.0924. The van der Waals surface area contributed by atoms with Gasteiger partial charge in [-0.2, -0.15) is 5.26 Å². The Kier molecular flexibility index (Phi) is 3.71. The maximum Gasteiger partial charge on any atom is 0.253 e. The summed E-state index contributed by atoms with van der Waals surface area (Å²) in [5.41, 5.74) is 0.593. The molecule has 0 saturated heterocycles. The Hall–Kier alpha value is -1.89. The fourth-order valence-corrected chi connectivity index (χ4v) is 2.13. The van der Waals surface area contributed by atoms with Gasteiger partial charge in [-0.15, -0.1) is 0 Å². The van der Waals surface area contributed by atoms with Crippen LogP contribution in [-0.4, -0.2) is 16.9 Å². The number of carbonyl (C=O) groups excluding carboxylic acids is 1. The lowest BCUT2D eigenvalue weighted by Gasteiger charge is -2.25. The Morgan fingerprint density at radius 3 is 2.76 bits per heavy atom. The molecule has 1 amide bonds. The van der Waals surface area contributed by atoms with E-state index in [-0.39, 0.29) is 17.9 Å². The van der Waals surface area contributed by atoms with E-state index in [9.17, 15) is 4.79 Å². The summed E-state index contributed by atoms with van der Waals surface area (Å²) >= 11 is 0. The maximum atomic E-state index is 11.8. The second-order valence-corrected chi connectivity index (χ2v) is 4.39. The molecule has 0 atom stereocenters. The predicted molar refractivity (Wildman–Crippen MR) is 63.1 cm³/mol. The molecule has 1 saturated carbocycles. The van der Waals surface area contributed by atoms with Gasteiger partial charge >= 0.3 is 0 Å². The van der Waals surface area contributed by atoms with E-state index < -0.39 is 0 Å². The molecule has 0 unspecified atom stereocenters. The molecule has 1 N–H and O–H groups in total. The summed E-state index contributed by atoms with van der Waals surface area (Å²) in [5.74, 6) is 0.0973.